The maximum absolute atomic E-state index is 12.6. The van der Waals surface area contributed by atoms with Gasteiger partial charge in [0, 0.05) is 25.1 Å². The third-order valence-corrected chi connectivity index (χ3v) is 5.51. The molecule has 2 aromatic carbocycles. The number of hydrogen-bond donors (Lipinski definition) is 0. The summed E-state index contributed by atoms with van der Waals surface area (Å²) in [6.07, 6.45) is -0.0654. The summed E-state index contributed by atoms with van der Waals surface area (Å²) in [6.45, 7) is 1.80. The molecule has 0 aliphatic carbocycles. The van der Waals surface area contributed by atoms with E-state index in [4.69, 9.17) is 9.47 Å². The number of anilines is 1. The van der Waals surface area contributed by atoms with Gasteiger partial charge in [0.15, 0.2) is 12.4 Å². The second kappa shape index (κ2) is 9.23. The van der Waals surface area contributed by atoms with E-state index in [1.807, 2.05) is 0 Å². The summed E-state index contributed by atoms with van der Waals surface area (Å²) in [4.78, 5) is 64.4. The molecule has 2 aliphatic rings. The van der Waals surface area contributed by atoms with Crippen LogP contribution in [-0.4, -0.2) is 60.7 Å². The first-order chi connectivity index (χ1) is 15.9. The number of fused-ring (bicyclic) bond motifs is 2. The van der Waals surface area contributed by atoms with Crippen LogP contribution in [0.3, 0.4) is 0 Å². The standard InChI is InChI=1S/C24H22N2O7/c1-2-32-22(29)10-8-19(27)15-7-9-20-18(13-15)25(21(28)14-33-20)11-12-26-23(30)16-5-3-4-6-17(16)24(26)31/h3-7,9,13H,2,8,10-12,14H2,1H3. The minimum absolute atomic E-state index is 0.00143. The molecular formula is C24H22N2O7. The Labute approximate surface area is 189 Å². The smallest absolute Gasteiger partial charge is 0.306 e. The molecule has 170 valence electrons. The van der Waals surface area contributed by atoms with Crippen LogP contribution < -0.4 is 9.64 Å². The quantitative estimate of drug-likeness (QED) is 0.345. The van der Waals surface area contributed by atoms with Crippen molar-refractivity contribution in [2.75, 3.05) is 31.2 Å². The van der Waals surface area contributed by atoms with Gasteiger partial charge in [-0.05, 0) is 37.3 Å². The molecule has 3 amide bonds. The van der Waals surface area contributed by atoms with Gasteiger partial charge in [-0.15, -0.1) is 0 Å². The third-order valence-electron chi connectivity index (χ3n) is 5.51. The summed E-state index contributed by atoms with van der Waals surface area (Å²) >= 11 is 0. The van der Waals surface area contributed by atoms with Crippen molar-refractivity contribution in [2.45, 2.75) is 19.8 Å². The number of carbonyl (C=O) groups is 5. The number of esters is 1. The van der Waals surface area contributed by atoms with Crippen LogP contribution in [0.5, 0.6) is 5.75 Å². The first-order valence-electron chi connectivity index (χ1n) is 10.6. The van der Waals surface area contributed by atoms with Crippen molar-refractivity contribution in [3.63, 3.8) is 0 Å². The molecule has 0 spiro atoms. The van der Waals surface area contributed by atoms with Gasteiger partial charge in [0.25, 0.3) is 17.7 Å². The fraction of sp³-hybridized carbons (Fsp3) is 0.292. The van der Waals surface area contributed by atoms with Crippen molar-refractivity contribution >= 4 is 35.2 Å². The van der Waals surface area contributed by atoms with Crippen molar-refractivity contribution in [3.8, 4) is 5.75 Å². The molecule has 9 heteroatoms. The Kier molecular flexibility index (Phi) is 6.21. The van der Waals surface area contributed by atoms with Crippen LogP contribution in [-0.2, 0) is 14.3 Å². The first kappa shape index (κ1) is 22.2. The number of carbonyl (C=O) groups excluding carboxylic acids is 5. The van der Waals surface area contributed by atoms with E-state index in [1.165, 1.54) is 11.0 Å². The Morgan fingerprint density at radius 2 is 1.61 bits per heavy atom. The highest BCUT2D eigenvalue weighted by molar-refractivity contribution is 6.21. The molecule has 0 aromatic heterocycles. The maximum Gasteiger partial charge on any atom is 0.306 e. The van der Waals surface area contributed by atoms with E-state index in [0.29, 0.717) is 28.1 Å². The number of hydrogen-bond acceptors (Lipinski definition) is 7. The van der Waals surface area contributed by atoms with E-state index in [0.717, 1.165) is 4.90 Å². The van der Waals surface area contributed by atoms with Crippen molar-refractivity contribution in [1.29, 1.82) is 0 Å². The Hall–Kier alpha value is -4.01. The number of Topliss-reactive ketones (excluding diaryl/α,β-unsaturated/α-hetero) is 1. The summed E-state index contributed by atoms with van der Waals surface area (Å²) in [6, 6.07) is 11.3. The number of ketones is 1. The Morgan fingerprint density at radius 3 is 2.27 bits per heavy atom. The van der Waals surface area contributed by atoms with E-state index in [-0.39, 0.29) is 50.8 Å². The lowest BCUT2D eigenvalue weighted by atomic mass is 10.0. The predicted octanol–water partition coefficient (Wildman–Crippen LogP) is 2.23. The number of benzene rings is 2. The van der Waals surface area contributed by atoms with Gasteiger partial charge in [0.2, 0.25) is 0 Å². The van der Waals surface area contributed by atoms with Crippen molar-refractivity contribution in [3.05, 3.63) is 59.2 Å². The molecule has 9 nitrogen and oxygen atoms in total. The minimum atomic E-state index is -0.454. The van der Waals surface area contributed by atoms with E-state index >= 15 is 0 Å². The van der Waals surface area contributed by atoms with Crippen LogP contribution in [0, 0.1) is 0 Å². The average molecular weight is 450 g/mol. The van der Waals surface area contributed by atoms with Crippen molar-refractivity contribution < 1.29 is 33.4 Å². The molecule has 0 saturated heterocycles. The van der Waals surface area contributed by atoms with E-state index in [2.05, 4.69) is 0 Å². The van der Waals surface area contributed by atoms with E-state index < -0.39 is 17.8 Å². The molecule has 0 bridgehead atoms. The second-order valence-corrected chi connectivity index (χ2v) is 7.55. The summed E-state index contributed by atoms with van der Waals surface area (Å²) in [7, 11) is 0. The number of ether oxygens (including phenoxy) is 2. The van der Waals surface area contributed by atoms with Gasteiger partial charge in [0.05, 0.1) is 29.8 Å². The highest BCUT2D eigenvalue weighted by atomic mass is 16.5. The molecule has 2 heterocycles. The van der Waals surface area contributed by atoms with Gasteiger partial charge < -0.3 is 14.4 Å². The van der Waals surface area contributed by atoms with Crippen molar-refractivity contribution in [1.82, 2.24) is 4.90 Å². The number of imide groups is 1. The SMILES string of the molecule is CCOC(=O)CCC(=O)c1ccc2c(c1)N(CCN1C(=O)c3ccccc3C1=O)C(=O)CO2. The Morgan fingerprint density at radius 1 is 0.939 bits per heavy atom. The highest BCUT2D eigenvalue weighted by Gasteiger charge is 2.36. The molecular weight excluding hydrogens is 428 g/mol. The van der Waals surface area contributed by atoms with Gasteiger partial charge in [0.1, 0.15) is 5.75 Å². The molecule has 0 unspecified atom stereocenters. The summed E-state index contributed by atoms with van der Waals surface area (Å²) in [5.74, 6) is -1.47. The predicted molar refractivity (Wildman–Crippen MR) is 116 cm³/mol. The van der Waals surface area contributed by atoms with Crippen LogP contribution in [0.4, 0.5) is 5.69 Å². The lowest BCUT2D eigenvalue weighted by molar-refractivity contribution is -0.143. The normalized spacial score (nSPS) is 14.6. The third kappa shape index (κ3) is 4.34. The topological polar surface area (TPSA) is 110 Å². The van der Waals surface area contributed by atoms with Crippen LogP contribution in [0.1, 0.15) is 50.8 Å². The Bertz CT molecular complexity index is 1120. The van der Waals surface area contributed by atoms with E-state index in [1.54, 1.807) is 43.3 Å². The largest absolute Gasteiger partial charge is 0.482 e. The van der Waals surface area contributed by atoms with Gasteiger partial charge in [-0.1, -0.05) is 12.1 Å². The Balaban J connectivity index is 1.49. The van der Waals surface area contributed by atoms with Gasteiger partial charge in [-0.2, -0.15) is 0 Å². The lowest BCUT2D eigenvalue weighted by Gasteiger charge is -2.30. The molecule has 0 saturated carbocycles. The van der Waals surface area contributed by atoms with Gasteiger partial charge in [-0.3, -0.25) is 28.9 Å². The van der Waals surface area contributed by atoms with Gasteiger partial charge in [-0.25, -0.2) is 0 Å². The van der Waals surface area contributed by atoms with Crippen molar-refractivity contribution in [2.24, 2.45) is 0 Å². The van der Waals surface area contributed by atoms with E-state index in [9.17, 15) is 24.0 Å². The van der Waals surface area contributed by atoms with Crippen LogP contribution >= 0.6 is 0 Å². The van der Waals surface area contributed by atoms with Crippen LogP contribution in [0.25, 0.3) is 0 Å². The average Bonchev–Trinajstić information content (AvgIpc) is 3.06. The fourth-order valence-corrected chi connectivity index (χ4v) is 3.86. The second-order valence-electron chi connectivity index (χ2n) is 7.55. The minimum Gasteiger partial charge on any atom is -0.482 e. The molecule has 4 rings (SSSR count). The zero-order valence-corrected chi connectivity index (χ0v) is 18.0. The fourth-order valence-electron chi connectivity index (χ4n) is 3.86. The number of nitrogens with zero attached hydrogens (tertiary/aromatic N) is 2. The molecule has 0 radical (unpaired) electrons. The van der Waals surface area contributed by atoms with Crippen LogP contribution in [0.2, 0.25) is 0 Å². The number of rotatable bonds is 8. The van der Waals surface area contributed by atoms with Crippen LogP contribution in [0.15, 0.2) is 42.5 Å². The molecule has 2 aliphatic heterocycles. The maximum atomic E-state index is 12.6. The molecule has 0 fully saturated rings. The highest BCUT2D eigenvalue weighted by Crippen LogP contribution is 2.33. The zero-order valence-electron chi connectivity index (χ0n) is 18.0. The molecule has 33 heavy (non-hydrogen) atoms. The lowest BCUT2D eigenvalue weighted by Crippen LogP contribution is -2.44. The van der Waals surface area contributed by atoms with Gasteiger partial charge >= 0.3 is 5.97 Å². The summed E-state index contributed by atoms with van der Waals surface area (Å²) < 4.78 is 10.3. The molecule has 0 atom stereocenters. The summed E-state index contributed by atoms with van der Waals surface area (Å²) in [5, 5.41) is 0. The molecule has 0 N–H and O–H groups in total. The molecule has 2 aromatic rings. The first-order valence-corrected chi connectivity index (χ1v) is 10.6. The summed E-state index contributed by atoms with van der Waals surface area (Å²) in [5.41, 5.74) is 1.38. The monoisotopic (exact) mass is 450 g/mol. The zero-order chi connectivity index (χ0) is 23.5. The number of amides is 3.